The molecular formula is C22H30O. The van der Waals surface area contributed by atoms with Crippen LogP contribution in [0.3, 0.4) is 0 Å². The molecule has 0 saturated heterocycles. The molecule has 1 atom stereocenters. The minimum Gasteiger partial charge on any atom is -0.497 e. The van der Waals surface area contributed by atoms with E-state index in [0.29, 0.717) is 0 Å². The number of ether oxygens (including phenoxy) is 1. The molecule has 1 aromatic rings. The zero-order valence-electron chi connectivity index (χ0n) is 14.5. The van der Waals surface area contributed by atoms with Crippen LogP contribution in [-0.4, -0.2) is 7.11 Å². The van der Waals surface area contributed by atoms with Gasteiger partial charge in [-0.3, -0.25) is 0 Å². The minimum absolute atomic E-state index is 0.915. The van der Waals surface area contributed by atoms with Gasteiger partial charge in [-0.15, -0.1) is 6.58 Å². The lowest BCUT2D eigenvalue weighted by Crippen LogP contribution is -2.23. The summed E-state index contributed by atoms with van der Waals surface area (Å²) in [5.41, 5.74) is 2.91. The Labute approximate surface area is 141 Å². The summed E-state index contributed by atoms with van der Waals surface area (Å²) < 4.78 is 5.25. The van der Waals surface area contributed by atoms with Gasteiger partial charge in [0.2, 0.25) is 0 Å². The highest BCUT2D eigenvalue weighted by Crippen LogP contribution is 2.41. The highest BCUT2D eigenvalue weighted by molar-refractivity contribution is 5.66. The van der Waals surface area contributed by atoms with Crippen LogP contribution in [-0.2, 0) is 0 Å². The quantitative estimate of drug-likeness (QED) is 0.583. The predicted octanol–water partition coefficient (Wildman–Crippen LogP) is 6.26. The Bertz CT molecular complexity index is 532. The Morgan fingerprint density at radius 1 is 1.04 bits per heavy atom. The topological polar surface area (TPSA) is 9.23 Å². The second-order valence-corrected chi connectivity index (χ2v) is 7.30. The first-order chi connectivity index (χ1) is 11.3. The van der Waals surface area contributed by atoms with Crippen LogP contribution in [0.4, 0.5) is 0 Å². The van der Waals surface area contributed by atoms with Gasteiger partial charge in [0.1, 0.15) is 5.75 Å². The van der Waals surface area contributed by atoms with Crippen molar-refractivity contribution in [3.63, 3.8) is 0 Å². The first-order valence-corrected chi connectivity index (χ1v) is 9.24. The summed E-state index contributed by atoms with van der Waals surface area (Å²) in [6.45, 7) is 3.90. The molecule has 2 aliphatic rings. The summed E-state index contributed by atoms with van der Waals surface area (Å²) in [7, 11) is 1.73. The summed E-state index contributed by atoms with van der Waals surface area (Å²) in [4.78, 5) is 0. The van der Waals surface area contributed by atoms with Crippen molar-refractivity contribution in [3.8, 4) is 5.75 Å². The van der Waals surface area contributed by atoms with E-state index in [4.69, 9.17) is 4.74 Å². The van der Waals surface area contributed by atoms with Gasteiger partial charge in [-0.2, -0.15) is 0 Å². The van der Waals surface area contributed by atoms with Gasteiger partial charge in [-0.1, -0.05) is 24.3 Å². The lowest BCUT2D eigenvalue weighted by atomic mass is 9.70. The molecule has 0 N–H and O–H groups in total. The van der Waals surface area contributed by atoms with Crippen LogP contribution in [0.5, 0.6) is 5.75 Å². The number of benzene rings is 1. The van der Waals surface area contributed by atoms with Crippen molar-refractivity contribution in [2.75, 3.05) is 7.11 Å². The Hall–Kier alpha value is -1.50. The molecule has 1 nitrogen and oxygen atoms in total. The molecule has 1 saturated carbocycles. The normalized spacial score (nSPS) is 28.0. The summed E-state index contributed by atoms with van der Waals surface area (Å²) in [5.74, 6) is 3.74. The van der Waals surface area contributed by atoms with Crippen molar-refractivity contribution in [3.05, 3.63) is 48.6 Å². The fourth-order valence-electron chi connectivity index (χ4n) is 4.48. The van der Waals surface area contributed by atoms with Crippen molar-refractivity contribution in [1.29, 1.82) is 0 Å². The van der Waals surface area contributed by atoms with E-state index in [1.807, 2.05) is 0 Å². The van der Waals surface area contributed by atoms with Crippen LogP contribution >= 0.6 is 0 Å². The number of allylic oxidation sites excluding steroid dienone is 3. The Balaban J connectivity index is 1.54. The molecule has 0 aliphatic heterocycles. The highest BCUT2D eigenvalue weighted by Gasteiger charge is 2.28. The zero-order valence-corrected chi connectivity index (χ0v) is 14.5. The molecular weight excluding hydrogens is 280 g/mol. The van der Waals surface area contributed by atoms with Crippen molar-refractivity contribution >= 4 is 5.57 Å². The number of rotatable bonds is 5. The van der Waals surface area contributed by atoms with Crippen LogP contribution in [0.15, 0.2) is 43.0 Å². The lowest BCUT2D eigenvalue weighted by Gasteiger charge is -2.35. The summed E-state index contributed by atoms with van der Waals surface area (Å²) >= 11 is 0. The van der Waals surface area contributed by atoms with E-state index in [-0.39, 0.29) is 0 Å². The zero-order chi connectivity index (χ0) is 16.1. The monoisotopic (exact) mass is 310 g/mol. The van der Waals surface area contributed by atoms with Crippen LogP contribution < -0.4 is 4.74 Å². The van der Waals surface area contributed by atoms with E-state index in [0.717, 1.165) is 23.5 Å². The predicted molar refractivity (Wildman–Crippen MR) is 98.6 cm³/mol. The Kier molecular flexibility index (Phi) is 5.59. The molecule has 1 heteroatoms. The minimum atomic E-state index is 0.915. The Morgan fingerprint density at radius 2 is 1.78 bits per heavy atom. The molecule has 1 unspecified atom stereocenters. The molecule has 0 bridgehead atoms. The fraction of sp³-hybridized carbons (Fsp3) is 0.545. The van der Waals surface area contributed by atoms with Gasteiger partial charge in [0.05, 0.1) is 7.11 Å². The van der Waals surface area contributed by atoms with Gasteiger partial charge >= 0.3 is 0 Å². The van der Waals surface area contributed by atoms with E-state index < -0.39 is 0 Å². The molecule has 0 heterocycles. The van der Waals surface area contributed by atoms with Gasteiger partial charge in [0, 0.05) is 0 Å². The van der Waals surface area contributed by atoms with Gasteiger partial charge in [0.25, 0.3) is 0 Å². The largest absolute Gasteiger partial charge is 0.497 e. The Morgan fingerprint density at radius 3 is 2.35 bits per heavy atom. The third-order valence-corrected chi connectivity index (χ3v) is 5.97. The van der Waals surface area contributed by atoms with Crippen molar-refractivity contribution in [2.45, 2.75) is 51.4 Å². The molecule has 23 heavy (non-hydrogen) atoms. The molecule has 2 aliphatic carbocycles. The van der Waals surface area contributed by atoms with Gasteiger partial charge in [-0.05, 0) is 92.4 Å². The van der Waals surface area contributed by atoms with Crippen LogP contribution in [0.1, 0.15) is 56.9 Å². The number of hydrogen-bond acceptors (Lipinski definition) is 1. The molecule has 1 aromatic carbocycles. The SMILES string of the molecule is C=CCC1CCC(C2CC=C(c3ccc(OC)cc3)CC2)CC1. The van der Waals surface area contributed by atoms with Gasteiger partial charge < -0.3 is 4.74 Å². The molecule has 0 radical (unpaired) electrons. The molecule has 0 spiro atoms. The average molecular weight is 310 g/mol. The van der Waals surface area contributed by atoms with Crippen LogP contribution in [0, 0.1) is 17.8 Å². The first kappa shape index (κ1) is 16.4. The molecule has 0 aromatic heterocycles. The van der Waals surface area contributed by atoms with Gasteiger partial charge in [-0.25, -0.2) is 0 Å². The van der Waals surface area contributed by atoms with E-state index in [1.54, 1.807) is 7.11 Å². The lowest BCUT2D eigenvalue weighted by molar-refractivity contribution is 0.196. The van der Waals surface area contributed by atoms with E-state index >= 15 is 0 Å². The van der Waals surface area contributed by atoms with E-state index in [1.165, 1.54) is 62.5 Å². The van der Waals surface area contributed by atoms with Crippen molar-refractivity contribution in [1.82, 2.24) is 0 Å². The smallest absolute Gasteiger partial charge is 0.118 e. The summed E-state index contributed by atoms with van der Waals surface area (Å²) in [6, 6.07) is 8.54. The van der Waals surface area contributed by atoms with E-state index in [9.17, 15) is 0 Å². The second kappa shape index (κ2) is 7.86. The molecule has 3 rings (SSSR count). The molecule has 0 amide bonds. The molecule has 124 valence electrons. The molecule has 1 fully saturated rings. The number of methoxy groups -OCH3 is 1. The maximum absolute atomic E-state index is 5.25. The highest BCUT2D eigenvalue weighted by atomic mass is 16.5. The van der Waals surface area contributed by atoms with Crippen molar-refractivity contribution in [2.24, 2.45) is 17.8 Å². The van der Waals surface area contributed by atoms with Crippen LogP contribution in [0.2, 0.25) is 0 Å². The fourth-order valence-corrected chi connectivity index (χ4v) is 4.48. The maximum atomic E-state index is 5.25. The third kappa shape index (κ3) is 4.07. The van der Waals surface area contributed by atoms with E-state index in [2.05, 4.69) is 43.0 Å². The first-order valence-electron chi connectivity index (χ1n) is 9.24. The third-order valence-electron chi connectivity index (χ3n) is 5.97. The maximum Gasteiger partial charge on any atom is 0.118 e. The number of hydrogen-bond donors (Lipinski definition) is 0. The average Bonchev–Trinajstić information content (AvgIpc) is 2.63. The standard InChI is InChI=1S/C22H30O/c1-3-4-17-5-7-18(8-6-17)19-9-11-20(12-10-19)21-13-15-22(23-2)16-14-21/h3,11,13-19H,1,4-10,12H2,2H3. The second-order valence-electron chi connectivity index (χ2n) is 7.30. The van der Waals surface area contributed by atoms with Crippen LogP contribution in [0.25, 0.3) is 5.57 Å². The summed E-state index contributed by atoms with van der Waals surface area (Å²) in [5, 5.41) is 0. The summed E-state index contributed by atoms with van der Waals surface area (Å²) in [6.07, 6.45) is 15.4. The van der Waals surface area contributed by atoms with Gasteiger partial charge in [0.15, 0.2) is 0 Å². The van der Waals surface area contributed by atoms with Crippen molar-refractivity contribution < 1.29 is 4.74 Å².